The van der Waals surface area contributed by atoms with Crippen LogP contribution in [0.1, 0.15) is 0 Å². The van der Waals surface area contributed by atoms with Gasteiger partial charge in [0.15, 0.2) is 0 Å². The SMILES string of the molecule is O=C1N[C@H](C(=O)[O-])CS1. The first kappa shape index (κ1) is 6.41. The van der Waals surface area contributed by atoms with Gasteiger partial charge in [0.2, 0.25) is 0 Å². The van der Waals surface area contributed by atoms with Gasteiger partial charge in [0.1, 0.15) is 0 Å². The third kappa shape index (κ3) is 1.35. The molecule has 1 aliphatic heterocycles. The van der Waals surface area contributed by atoms with Gasteiger partial charge in [0.05, 0.1) is 12.0 Å². The molecule has 0 spiro atoms. The molecule has 1 aliphatic rings. The van der Waals surface area contributed by atoms with Crippen molar-refractivity contribution in [2.75, 3.05) is 5.75 Å². The molecule has 9 heavy (non-hydrogen) atoms. The van der Waals surface area contributed by atoms with Gasteiger partial charge in [-0.1, -0.05) is 11.8 Å². The zero-order valence-corrected chi connectivity index (χ0v) is 5.23. The van der Waals surface area contributed by atoms with Crippen molar-refractivity contribution in [2.24, 2.45) is 0 Å². The van der Waals surface area contributed by atoms with Crippen LogP contribution in [-0.4, -0.2) is 23.0 Å². The van der Waals surface area contributed by atoms with Gasteiger partial charge in [-0.25, -0.2) is 0 Å². The third-order valence-electron chi connectivity index (χ3n) is 0.958. The lowest BCUT2D eigenvalue weighted by atomic mass is 10.4. The summed E-state index contributed by atoms with van der Waals surface area (Å²) in [4.78, 5) is 20.3. The number of hydrogen-bond acceptors (Lipinski definition) is 4. The number of aliphatic carboxylic acids is 1. The molecule has 0 saturated carbocycles. The predicted octanol–water partition coefficient (Wildman–Crippen LogP) is -1.44. The number of carbonyl (C=O) groups excluding carboxylic acids is 2. The van der Waals surface area contributed by atoms with E-state index >= 15 is 0 Å². The number of amides is 1. The zero-order valence-electron chi connectivity index (χ0n) is 4.42. The van der Waals surface area contributed by atoms with Gasteiger partial charge in [-0.2, -0.15) is 0 Å². The van der Waals surface area contributed by atoms with E-state index in [2.05, 4.69) is 5.32 Å². The molecule has 0 unspecified atom stereocenters. The predicted molar refractivity (Wildman–Crippen MR) is 29.8 cm³/mol. The summed E-state index contributed by atoms with van der Waals surface area (Å²) in [7, 11) is 0. The minimum absolute atomic E-state index is 0.279. The molecule has 0 aromatic heterocycles. The summed E-state index contributed by atoms with van der Waals surface area (Å²) in [5.41, 5.74) is 0. The largest absolute Gasteiger partial charge is 0.548 e. The first-order valence-electron chi connectivity index (χ1n) is 2.34. The Balaban J connectivity index is 2.48. The van der Waals surface area contributed by atoms with Crippen LogP contribution >= 0.6 is 11.8 Å². The Morgan fingerprint density at radius 3 is 2.78 bits per heavy atom. The Kier molecular flexibility index (Phi) is 1.61. The maximum Gasteiger partial charge on any atom is 0.279 e. The maximum atomic E-state index is 10.3. The van der Waals surface area contributed by atoms with Crippen LogP contribution in [0.3, 0.4) is 0 Å². The molecule has 1 saturated heterocycles. The first-order valence-corrected chi connectivity index (χ1v) is 3.33. The molecule has 1 rings (SSSR count). The van der Waals surface area contributed by atoms with Gasteiger partial charge in [0, 0.05) is 5.75 Å². The molecule has 1 heterocycles. The number of thioether (sulfide) groups is 1. The van der Waals surface area contributed by atoms with Gasteiger partial charge in [0.25, 0.3) is 5.24 Å². The van der Waals surface area contributed by atoms with E-state index in [0.717, 1.165) is 11.8 Å². The second-order valence-corrected chi connectivity index (χ2v) is 2.61. The molecule has 1 fully saturated rings. The molecular weight excluding hydrogens is 142 g/mol. The third-order valence-corrected chi connectivity index (χ3v) is 1.84. The lowest BCUT2D eigenvalue weighted by molar-refractivity contribution is -0.307. The van der Waals surface area contributed by atoms with Crippen LogP contribution < -0.4 is 10.4 Å². The van der Waals surface area contributed by atoms with Crippen molar-refractivity contribution in [3.63, 3.8) is 0 Å². The standard InChI is InChI=1S/C4H5NO3S/c6-3(7)2-1-9-4(8)5-2/h2H,1H2,(H,5,8)(H,6,7)/p-1/t2-/m0/s1. The number of hydrogen-bond donors (Lipinski definition) is 1. The van der Waals surface area contributed by atoms with Crippen LogP contribution in [0.2, 0.25) is 0 Å². The maximum absolute atomic E-state index is 10.3. The van der Waals surface area contributed by atoms with Crippen LogP contribution in [0, 0.1) is 0 Å². The summed E-state index contributed by atoms with van der Waals surface area (Å²) in [6, 6.07) is -0.789. The zero-order chi connectivity index (χ0) is 6.85. The fourth-order valence-electron chi connectivity index (χ4n) is 0.512. The smallest absolute Gasteiger partial charge is 0.279 e. The molecule has 0 aromatic carbocycles. The normalized spacial score (nSPS) is 25.8. The minimum Gasteiger partial charge on any atom is -0.548 e. The summed E-state index contributed by atoms with van der Waals surface area (Å²) in [5.74, 6) is -0.936. The van der Waals surface area contributed by atoms with E-state index in [1.54, 1.807) is 0 Å². The van der Waals surface area contributed by atoms with Crippen LogP contribution in [0.4, 0.5) is 4.79 Å². The Morgan fingerprint density at radius 2 is 2.56 bits per heavy atom. The van der Waals surface area contributed by atoms with E-state index < -0.39 is 12.0 Å². The van der Waals surface area contributed by atoms with E-state index in [9.17, 15) is 14.7 Å². The number of rotatable bonds is 1. The topological polar surface area (TPSA) is 69.2 Å². The molecule has 0 radical (unpaired) electrons. The lowest BCUT2D eigenvalue weighted by Gasteiger charge is -2.07. The van der Waals surface area contributed by atoms with Gasteiger partial charge >= 0.3 is 0 Å². The van der Waals surface area contributed by atoms with Crippen LogP contribution in [0.25, 0.3) is 0 Å². The molecule has 1 N–H and O–H groups in total. The highest BCUT2D eigenvalue weighted by molar-refractivity contribution is 8.14. The van der Waals surface area contributed by atoms with Crippen molar-refractivity contribution in [3.05, 3.63) is 0 Å². The summed E-state index contributed by atoms with van der Waals surface area (Å²) in [6.07, 6.45) is 0. The van der Waals surface area contributed by atoms with Crippen molar-refractivity contribution in [2.45, 2.75) is 6.04 Å². The molecule has 1 atom stereocenters. The number of nitrogens with one attached hydrogen (secondary N) is 1. The lowest BCUT2D eigenvalue weighted by Crippen LogP contribution is -2.43. The molecule has 50 valence electrons. The number of carboxylic acid groups (broad SMARTS) is 1. The fraction of sp³-hybridized carbons (Fsp3) is 0.500. The van der Waals surface area contributed by atoms with Crippen molar-refractivity contribution in [3.8, 4) is 0 Å². The monoisotopic (exact) mass is 146 g/mol. The Labute approximate surface area is 55.6 Å². The van der Waals surface area contributed by atoms with E-state index in [1.807, 2.05) is 0 Å². The van der Waals surface area contributed by atoms with Crippen LogP contribution in [0.5, 0.6) is 0 Å². The summed E-state index contributed by atoms with van der Waals surface area (Å²) in [6.45, 7) is 0. The summed E-state index contributed by atoms with van der Waals surface area (Å²) in [5, 5.41) is 11.9. The van der Waals surface area contributed by atoms with E-state index in [0.29, 0.717) is 0 Å². The van der Waals surface area contributed by atoms with Crippen LogP contribution in [0.15, 0.2) is 0 Å². The summed E-state index contributed by atoms with van der Waals surface area (Å²) < 4.78 is 0. The van der Waals surface area contributed by atoms with Gasteiger partial charge in [-0.15, -0.1) is 0 Å². The molecule has 1 amide bonds. The first-order chi connectivity index (χ1) is 4.20. The van der Waals surface area contributed by atoms with E-state index in [1.165, 1.54) is 0 Å². The second kappa shape index (κ2) is 2.26. The highest BCUT2D eigenvalue weighted by Gasteiger charge is 2.21. The fourth-order valence-corrected chi connectivity index (χ4v) is 1.27. The quantitative estimate of drug-likeness (QED) is 0.492. The average molecular weight is 146 g/mol. The van der Waals surface area contributed by atoms with Crippen molar-refractivity contribution in [1.29, 1.82) is 0 Å². The second-order valence-electron chi connectivity index (χ2n) is 1.61. The van der Waals surface area contributed by atoms with Crippen molar-refractivity contribution in [1.82, 2.24) is 5.32 Å². The molecular formula is C4H4NO3S-. The average Bonchev–Trinajstić information content (AvgIpc) is 2.14. The Hall–Kier alpha value is -0.710. The van der Waals surface area contributed by atoms with E-state index in [4.69, 9.17) is 0 Å². The van der Waals surface area contributed by atoms with Crippen LogP contribution in [-0.2, 0) is 4.79 Å². The van der Waals surface area contributed by atoms with Gasteiger partial charge in [-0.3, -0.25) is 4.79 Å². The number of carboxylic acids is 1. The van der Waals surface area contributed by atoms with Crippen molar-refractivity contribution < 1.29 is 14.7 Å². The van der Waals surface area contributed by atoms with Gasteiger partial charge in [-0.05, 0) is 0 Å². The molecule has 0 aromatic rings. The molecule has 0 bridgehead atoms. The van der Waals surface area contributed by atoms with Gasteiger partial charge < -0.3 is 15.2 Å². The number of carbonyl (C=O) groups is 2. The summed E-state index contributed by atoms with van der Waals surface area (Å²) >= 11 is 0.963. The minimum atomic E-state index is -1.21. The molecule has 5 heteroatoms. The highest BCUT2D eigenvalue weighted by atomic mass is 32.2. The molecule has 4 nitrogen and oxygen atoms in total. The highest BCUT2D eigenvalue weighted by Crippen LogP contribution is 2.11. The Morgan fingerprint density at radius 1 is 1.89 bits per heavy atom. The molecule has 0 aliphatic carbocycles. The van der Waals surface area contributed by atoms with E-state index in [-0.39, 0.29) is 11.0 Å². The van der Waals surface area contributed by atoms with Crippen molar-refractivity contribution >= 4 is 23.0 Å². The Bertz CT molecular complexity index is 158.